The van der Waals surface area contributed by atoms with Crippen LogP contribution in [0, 0.1) is 15.9 Å². The largest absolute Gasteiger partial charge is 0.376 e. The average Bonchev–Trinajstić information content (AvgIpc) is 2.28. The van der Waals surface area contributed by atoms with Crippen molar-refractivity contribution in [2.24, 2.45) is 0 Å². The Balaban J connectivity index is 2.79. The van der Waals surface area contributed by atoms with Crippen molar-refractivity contribution >= 4 is 23.1 Å². The first-order valence-electron chi connectivity index (χ1n) is 5.32. The average molecular weight is 258 g/mol. The summed E-state index contributed by atoms with van der Waals surface area (Å²) < 4.78 is 12.9. The second-order valence-corrected chi connectivity index (χ2v) is 4.94. The fourth-order valence-corrected chi connectivity index (χ4v) is 2.05. The molecule has 0 saturated heterocycles. The molecule has 0 heterocycles. The van der Waals surface area contributed by atoms with Crippen LogP contribution in [0.3, 0.4) is 0 Å². The zero-order valence-corrected chi connectivity index (χ0v) is 10.6. The van der Waals surface area contributed by atoms with Crippen molar-refractivity contribution in [3.8, 4) is 0 Å². The lowest BCUT2D eigenvalue weighted by Gasteiger charge is -2.14. The van der Waals surface area contributed by atoms with E-state index in [-0.39, 0.29) is 11.7 Å². The van der Waals surface area contributed by atoms with E-state index in [1.54, 1.807) is 11.8 Å². The van der Waals surface area contributed by atoms with Crippen LogP contribution in [-0.4, -0.2) is 22.5 Å². The lowest BCUT2D eigenvalue weighted by molar-refractivity contribution is -0.384. The molecule has 0 aromatic heterocycles. The number of thioether (sulfide) groups is 1. The maximum atomic E-state index is 12.9. The number of nitro benzene ring substituents is 1. The van der Waals surface area contributed by atoms with Crippen LogP contribution in [0.1, 0.15) is 13.8 Å². The van der Waals surface area contributed by atoms with E-state index in [2.05, 4.69) is 12.2 Å². The molecule has 1 unspecified atom stereocenters. The zero-order valence-electron chi connectivity index (χ0n) is 9.77. The van der Waals surface area contributed by atoms with Gasteiger partial charge in [-0.1, -0.05) is 6.92 Å². The van der Waals surface area contributed by atoms with Gasteiger partial charge in [0.25, 0.3) is 5.69 Å². The fourth-order valence-electron chi connectivity index (χ4n) is 1.38. The molecule has 0 amide bonds. The Kier molecular flexibility index (Phi) is 5.21. The van der Waals surface area contributed by atoms with Crippen molar-refractivity contribution in [1.29, 1.82) is 0 Å². The van der Waals surface area contributed by atoms with Gasteiger partial charge < -0.3 is 5.32 Å². The molecule has 0 bridgehead atoms. The summed E-state index contributed by atoms with van der Waals surface area (Å²) in [5.74, 6) is 1.25. The molecule has 0 aliphatic rings. The van der Waals surface area contributed by atoms with Crippen LogP contribution < -0.4 is 5.32 Å². The summed E-state index contributed by atoms with van der Waals surface area (Å²) in [5, 5.41) is 13.8. The highest BCUT2D eigenvalue weighted by Gasteiger charge is 2.16. The van der Waals surface area contributed by atoms with E-state index in [9.17, 15) is 14.5 Å². The van der Waals surface area contributed by atoms with Crippen LogP contribution in [0.2, 0.25) is 0 Å². The molecule has 0 saturated carbocycles. The topological polar surface area (TPSA) is 55.2 Å². The maximum Gasteiger partial charge on any atom is 0.295 e. The highest BCUT2D eigenvalue weighted by Crippen LogP contribution is 2.25. The van der Waals surface area contributed by atoms with Gasteiger partial charge >= 0.3 is 0 Å². The van der Waals surface area contributed by atoms with E-state index in [4.69, 9.17) is 0 Å². The molecule has 4 nitrogen and oxygen atoms in total. The number of nitrogens with one attached hydrogen (secondary N) is 1. The van der Waals surface area contributed by atoms with Crippen molar-refractivity contribution in [2.75, 3.05) is 16.8 Å². The summed E-state index contributed by atoms with van der Waals surface area (Å²) in [6.45, 7) is 3.99. The first-order valence-corrected chi connectivity index (χ1v) is 6.48. The van der Waals surface area contributed by atoms with Crippen molar-refractivity contribution in [3.05, 3.63) is 34.1 Å². The quantitative estimate of drug-likeness (QED) is 0.628. The Morgan fingerprint density at radius 1 is 1.59 bits per heavy atom. The van der Waals surface area contributed by atoms with Gasteiger partial charge in [0.2, 0.25) is 0 Å². The van der Waals surface area contributed by atoms with Crippen molar-refractivity contribution < 1.29 is 9.31 Å². The van der Waals surface area contributed by atoms with Gasteiger partial charge in [-0.3, -0.25) is 10.1 Å². The number of rotatable bonds is 6. The molecule has 1 aromatic carbocycles. The molecule has 1 atom stereocenters. The molecule has 0 spiro atoms. The second kappa shape index (κ2) is 6.44. The second-order valence-electron chi connectivity index (χ2n) is 3.62. The van der Waals surface area contributed by atoms with Crippen LogP contribution in [0.15, 0.2) is 18.2 Å². The zero-order chi connectivity index (χ0) is 12.8. The molecular weight excluding hydrogens is 243 g/mol. The number of hydrogen-bond acceptors (Lipinski definition) is 4. The monoisotopic (exact) mass is 258 g/mol. The molecule has 17 heavy (non-hydrogen) atoms. The number of nitrogens with zero attached hydrogens (tertiary/aromatic N) is 1. The first-order chi connectivity index (χ1) is 8.04. The summed E-state index contributed by atoms with van der Waals surface area (Å²) >= 11 is 1.75. The lowest BCUT2D eigenvalue weighted by Crippen LogP contribution is -2.18. The third-order valence-corrected chi connectivity index (χ3v) is 3.27. The number of anilines is 1. The minimum atomic E-state index is -0.599. The Labute approximate surface area is 104 Å². The van der Waals surface area contributed by atoms with Crippen LogP contribution in [-0.2, 0) is 0 Å². The highest BCUT2D eigenvalue weighted by molar-refractivity contribution is 7.99. The molecule has 1 rings (SSSR count). The van der Waals surface area contributed by atoms with Crippen molar-refractivity contribution in [3.63, 3.8) is 0 Å². The highest BCUT2D eigenvalue weighted by atomic mass is 32.2. The number of halogens is 1. The minimum absolute atomic E-state index is 0.101. The van der Waals surface area contributed by atoms with E-state index in [0.29, 0.717) is 5.69 Å². The minimum Gasteiger partial charge on any atom is -0.376 e. The number of hydrogen-bond donors (Lipinski definition) is 1. The summed E-state index contributed by atoms with van der Waals surface area (Å²) in [4.78, 5) is 10.2. The summed E-state index contributed by atoms with van der Waals surface area (Å²) in [6.07, 6.45) is 0. The van der Waals surface area contributed by atoms with Crippen LogP contribution in [0.25, 0.3) is 0 Å². The summed E-state index contributed by atoms with van der Waals surface area (Å²) in [7, 11) is 0. The van der Waals surface area contributed by atoms with Gasteiger partial charge in [0.15, 0.2) is 0 Å². The Morgan fingerprint density at radius 2 is 2.29 bits per heavy atom. The molecular formula is C11H15FN2O2S. The Bertz CT molecular complexity index is 401. The van der Waals surface area contributed by atoms with Crippen LogP contribution in [0.4, 0.5) is 15.8 Å². The van der Waals surface area contributed by atoms with Gasteiger partial charge in [-0.2, -0.15) is 11.8 Å². The molecule has 0 fully saturated rings. The SMILES string of the molecule is CCSCC(C)Nc1ccc(F)cc1[N+](=O)[O-]. The molecule has 0 radical (unpaired) electrons. The van der Waals surface area contributed by atoms with Crippen LogP contribution in [0.5, 0.6) is 0 Å². The number of nitro groups is 1. The smallest absolute Gasteiger partial charge is 0.295 e. The van der Waals surface area contributed by atoms with E-state index in [0.717, 1.165) is 17.6 Å². The lowest BCUT2D eigenvalue weighted by atomic mass is 10.2. The molecule has 0 aliphatic heterocycles. The normalized spacial score (nSPS) is 12.2. The predicted molar refractivity (Wildman–Crippen MR) is 69.1 cm³/mol. The fraction of sp³-hybridized carbons (Fsp3) is 0.455. The Morgan fingerprint density at radius 3 is 2.88 bits per heavy atom. The third kappa shape index (κ3) is 4.22. The molecule has 6 heteroatoms. The molecule has 1 N–H and O–H groups in total. The van der Waals surface area contributed by atoms with Gasteiger partial charge in [-0.25, -0.2) is 4.39 Å². The summed E-state index contributed by atoms with van der Waals surface area (Å²) in [5.41, 5.74) is 0.138. The van der Waals surface area contributed by atoms with E-state index < -0.39 is 10.7 Å². The van der Waals surface area contributed by atoms with E-state index in [1.807, 2.05) is 6.92 Å². The third-order valence-electron chi connectivity index (χ3n) is 2.13. The van der Waals surface area contributed by atoms with Gasteiger partial charge in [0, 0.05) is 11.8 Å². The van der Waals surface area contributed by atoms with Gasteiger partial charge in [-0.15, -0.1) is 0 Å². The first kappa shape index (κ1) is 13.8. The van der Waals surface area contributed by atoms with Gasteiger partial charge in [0.05, 0.1) is 11.0 Å². The molecule has 94 valence electrons. The van der Waals surface area contributed by atoms with E-state index in [1.165, 1.54) is 12.1 Å². The maximum absolute atomic E-state index is 12.9. The van der Waals surface area contributed by atoms with Gasteiger partial charge in [-0.05, 0) is 24.8 Å². The standard InChI is InChI=1S/C11H15FN2O2S/c1-3-17-7-8(2)13-10-5-4-9(12)6-11(10)14(15)16/h4-6,8,13H,3,7H2,1-2H3. The molecule has 1 aromatic rings. The van der Waals surface area contributed by atoms with Crippen molar-refractivity contribution in [1.82, 2.24) is 0 Å². The van der Waals surface area contributed by atoms with Crippen molar-refractivity contribution in [2.45, 2.75) is 19.9 Å². The Hall–Kier alpha value is -1.30. The van der Waals surface area contributed by atoms with E-state index >= 15 is 0 Å². The van der Waals surface area contributed by atoms with Gasteiger partial charge in [0.1, 0.15) is 11.5 Å². The van der Waals surface area contributed by atoms with Crippen LogP contribution >= 0.6 is 11.8 Å². The summed E-state index contributed by atoms with van der Waals surface area (Å²) in [6, 6.07) is 3.65. The predicted octanol–water partition coefficient (Wildman–Crippen LogP) is 3.29. The number of benzene rings is 1. The molecule has 0 aliphatic carbocycles.